The summed E-state index contributed by atoms with van der Waals surface area (Å²) in [5, 5.41) is 0. The highest BCUT2D eigenvalue weighted by Gasteiger charge is 2.38. The van der Waals surface area contributed by atoms with E-state index >= 15 is 0 Å². The molecule has 2 aromatic rings. The van der Waals surface area contributed by atoms with Gasteiger partial charge in [0, 0.05) is 18.0 Å². The average molecular weight is 397 g/mol. The minimum atomic E-state index is 0.267. The van der Waals surface area contributed by atoms with Crippen molar-refractivity contribution < 1.29 is 9.47 Å². The van der Waals surface area contributed by atoms with Crippen molar-refractivity contribution in [3.8, 4) is 17.1 Å². The van der Waals surface area contributed by atoms with E-state index in [0.717, 1.165) is 30.0 Å². The predicted molar refractivity (Wildman–Crippen MR) is 118 cm³/mol. The third-order valence-electron chi connectivity index (χ3n) is 5.58. The third-order valence-corrected chi connectivity index (χ3v) is 5.58. The molecule has 0 saturated carbocycles. The highest BCUT2D eigenvalue weighted by molar-refractivity contribution is 5.55. The van der Waals surface area contributed by atoms with Crippen LogP contribution < -0.4 is 4.74 Å². The lowest BCUT2D eigenvalue weighted by Crippen LogP contribution is -2.07. The van der Waals surface area contributed by atoms with Crippen LogP contribution in [0.4, 0.5) is 0 Å². The van der Waals surface area contributed by atoms with E-state index in [4.69, 9.17) is 9.47 Å². The van der Waals surface area contributed by atoms with Gasteiger partial charge in [-0.25, -0.2) is 9.97 Å². The van der Waals surface area contributed by atoms with Crippen LogP contribution in [-0.4, -0.2) is 28.8 Å². The molecule has 1 fully saturated rings. The molecule has 0 spiro atoms. The Morgan fingerprint density at radius 3 is 2.24 bits per heavy atom. The lowest BCUT2D eigenvalue weighted by molar-refractivity contribution is 0.259. The van der Waals surface area contributed by atoms with E-state index < -0.39 is 0 Å². The van der Waals surface area contributed by atoms with Crippen LogP contribution in [0.15, 0.2) is 36.7 Å². The molecule has 1 unspecified atom stereocenters. The standard InChI is InChI=1S/C25H36N2O2/c1-3-5-7-8-9-10-11-20-17-26-25(27-18-20)21-13-15-22(16-14-21)28-19-24-23(29-24)12-6-4-2/h13-18,23-24H,3-12,19H2,1-2H3/t23?,24-/m1/s1. The SMILES string of the molecule is CCCCCCCCc1cnc(-c2ccc(OC[C@H]3OC3CCCC)cc2)nc1. The number of aryl methyl sites for hydroxylation is 1. The van der Waals surface area contributed by atoms with Gasteiger partial charge in [-0.2, -0.15) is 0 Å². The van der Waals surface area contributed by atoms with Gasteiger partial charge in [0.05, 0.1) is 6.10 Å². The molecule has 1 aromatic heterocycles. The van der Waals surface area contributed by atoms with Crippen molar-refractivity contribution in [3.05, 3.63) is 42.2 Å². The summed E-state index contributed by atoms with van der Waals surface area (Å²) in [7, 11) is 0. The van der Waals surface area contributed by atoms with Crippen LogP contribution in [0, 0.1) is 0 Å². The predicted octanol–water partition coefficient (Wildman–Crippen LogP) is 6.38. The molecule has 4 nitrogen and oxygen atoms in total. The van der Waals surface area contributed by atoms with Gasteiger partial charge in [0.15, 0.2) is 5.82 Å². The Morgan fingerprint density at radius 2 is 1.52 bits per heavy atom. The zero-order valence-corrected chi connectivity index (χ0v) is 18.1. The first kappa shape index (κ1) is 21.8. The van der Waals surface area contributed by atoms with E-state index in [1.165, 1.54) is 56.9 Å². The molecule has 2 heterocycles. The fourth-order valence-electron chi connectivity index (χ4n) is 3.61. The maximum absolute atomic E-state index is 5.86. The van der Waals surface area contributed by atoms with E-state index in [1.54, 1.807) is 0 Å². The van der Waals surface area contributed by atoms with E-state index in [9.17, 15) is 0 Å². The Labute approximate surface area is 176 Å². The van der Waals surface area contributed by atoms with Crippen LogP contribution in [0.5, 0.6) is 5.75 Å². The molecular formula is C25H36N2O2. The van der Waals surface area contributed by atoms with Gasteiger partial charge in [0.25, 0.3) is 0 Å². The summed E-state index contributed by atoms with van der Waals surface area (Å²) in [6, 6.07) is 8.04. The van der Waals surface area contributed by atoms with Crippen LogP contribution in [-0.2, 0) is 11.2 Å². The van der Waals surface area contributed by atoms with Gasteiger partial charge in [-0.1, -0.05) is 58.8 Å². The highest BCUT2D eigenvalue weighted by atomic mass is 16.6. The number of nitrogens with zero attached hydrogens (tertiary/aromatic N) is 2. The Bertz CT molecular complexity index is 700. The van der Waals surface area contributed by atoms with Crippen molar-refractivity contribution in [2.24, 2.45) is 0 Å². The second-order valence-electron chi connectivity index (χ2n) is 8.12. The van der Waals surface area contributed by atoms with Crippen LogP contribution in [0.3, 0.4) is 0 Å². The number of rotatable bonds is 14. The summed E-state index contributed by atoms with van der Waals surface area (Å²) >= 11 is 0. The average Bonchev–Trinajstić information content (AvgIpc) is 3.52. The highest BCUT2D eigenvalue weighted by Crippen LogP contribution is 2.28. The molecule has 1 aliphatic rings. The van der Waals surface area contributed by atoms with Crippen molar-refractivity contribution in [2.75, 3.05) is 6.61 Å². The first-order valence-corrected chi connectivity index (χ1v) is 11.5. The molecule has 3 rings (SSSR count). The summed E-state index contributed by atoms with van der Waals surface area (Å²) in [5.74, 6) is 1.64. The van der Waals surface area contributed by atoms with Crippen LogP contribution in [0.25, 0.3) is 11.4 Å². The van der Waals surface area contributed by atoms with E-state index in [-0.39, 0.29) is 6.10 Å². The number of hydrogen-bond acceptors (Lipinski definition) is 4. The lowest BCUT2D eigenvalue weighted by atomic mass is 10.1. The van der Waals surface area contributed by atoms with Crippen molar-refractivity contribution in [2.45, 2.75) is 90.3 Å². The van der Waals surface area contributed by atoms with Gasteiger partial charge >= 0.3 is 0 Å². The number of unbranched alkanes of at least 4 members (excludes halogenated alkanes) is 6. The molecule has 0 N–H and O–H groups in total. The molecule has 1 aliphatic heterocycles. The van der Waals surface area contributed by atoms with Gasteiger partial charge in [-0.3, -0.25) is 0 Å². The number of hydrogen-bond donors (Lipinski definition) is 0. The van der Waals surface area contributed by atoms with E-state index in [1.807, 2.05) is 36.7 Å². The first-order chi connectivity index (χ1) is 14.3. The van der Waals surface area contributed by atoms with E-state index in [2.05, 4.69) is 23.8 Å². The zero-order chi connectivity index (χ0) is 20.3. The molecule has 2 atom stereocenters. The van der Waals surface area contributed by atoms with Crippen molar-refractivity contribution >= 4 is 0 Å². The van der Waals surface area contributed by atoms with Gasteiger partial charge in [0.2, 0.25) is 0 Å². The number of aromatic nitrogens is 2. The molecule has 29 heavy (non-hydrogen) atoms. The molecular weight excluding hydrogens is 360 g/mol. The number of ether oxygens (including phenoxy) is 2. The molecule has 0 aliphatic carbocycles. The molecule has 4 heteroatoms. The van der Waals surface area contributed by atoms with E-state index in [0.29, 0.717) is 12.7 Å². The smallest absolute Gasteiger partial charge is 0.159 e. The molecule has 0 radical (unpaired) electrons. The van der Waals surface area contributed by atoms with Gasteiger partial charge < -0.3 is 9.47 Å². The molecule has 1 saturated heterocycles. The van der Waals surface area contributed by atoms with Gasteiger partial charge in [-0.15, -0.1) is 0 Å². The van der Waals surface area contributed by atoms with Crippen molar-refractivity contribution in [1.82, 2.24) is 9.97 Å². The largest absolute Gasteiger partial charge is 0.491 e. The summed E-state index contributed by atoms with van der Waals surface area (Å²) in [6.07, 6.45) is 17.2. The topological polar surface area (TPSA) is 47.5 Å². The van der Waals surface area contributed by atoms with Gasteiger partial charge in [-0.05, 0) is 49.1 Å². The molecule has 1 aromatic carbocycles. The van der Waals surface area contributed by atoms with Crippen molar-refractivity contribution in [3.63, 3.8) is 0 Å². The number of benzene rings is 1. The third kappa shape index (κ3) is 7.43. The lowest BCUT2D eigenvalue weighted by Gasteiger charge is -2.06. The maximum Gasteiger partial charge on any atom is 0.159 e. The zero-order valence-electron chi connectivity index (χ0n) is 18.1. The normalized spacial score (nSPS) is 18.0. The Hall–Kier alpha value is -1.94. The van der Waals surface area contributed by atoms with Crippen LogP contribution in [0.2, 0.25) is 0 Å². The fraction of sp³-hybridized carbons (Fsp3) is 0.600. The van der Waals surface area contributed by atoms with Crippen LogP contribution in [0.1, 0.15) is 77.2 Å². The Balaban J connectivity index is 1.39. The summed E-state index contributed by atoms with van der Waals surface area (Å²) in [6.45, 7) is 5.10. The Morgan fingerprint density at radius 1 is 0.828 bits per heavy atom. The summed E-state index contributed by atoms with van der Waals surface area (Å²) in [4.78, 5) is 9.12. The minimum Gasteiger partial charge on any atom is -0.491 e. The second kappa shape index (κ2) is 11.9. The number of epoxide rings is 1. The second-order valence-corrected chi connectivity index (χ2v) is 8.12. The molecule has 158 valence electrons. The quantitative estimate of drug-likeness (QED) is 0.274. The minimum absolute atomic E-state index is 0.267. The first-order valence-electron chi connectivity index (χ1n) is 11.5. The Kier molecular flexibility index (Phi) is 8.94. The molecule has 0 bridgehead atoms. The van der Waals surface area contributed by atoms with Crippen LogP contribution >= 0.6 is 0 Å². The molecule has 0 amide bonds. The van der Waals surface area contributed by atoms with Crippen molar-refractivity contribution in [1.29, 1.82) is 0 Å². The fourth-order valence-corrected chi connectivity index (χ4v) is 3.61. The maximum atomic E-state index is 5.86. The summed E-state index contributed by atoms with van der Waals surface area (Å²) < 4.78 is 11.5. The summed E-state index contributed by atoms with van der Waals surface area (Å²) in [5.41, 5.74) is 2.25. The monoisotopic (exact) mass is 396 g/mol. The van der Waals surface area contributed by atoms with Gasteiger partial charge in [0.1, 0.15) is 18.5 Å².